The van der Waals surface area contributed by atoms with E-state index in [9.17, 15) is 9.59 Å². The van der Waals surface area contributed by atoms with Gasteiger partial charge in [0.2, 0.25) is 0 Å². The van der Waals surface area contributed by atoms with Gasteiger partial charge in [-0.2, -0.15) is 5.10 Å². The molecule has 1 atom stereocenters. The minimum absolute atomic E-state index is 0.0219. The molecule has 3 N–H and O–H groups in total. The number of aryl methyl sites for hydroxylation is 2. The first-order valence-corrected chi connectivity index (χ1v) is 13.2. The first-order chi connectivity index (χ1) is 19.1. The van der Waals surface area contributed by atoms with Gasteiger partial charge < -0.3 is 11.1 Å². The Bertz CT molecular complexity index is 1580. The number of benzene rings is 3. The van der Waals surface area contributed by atoms with Crippen LogP contribution in [-0.4, -0.2) is 33.0 Å². The standard InChI is InChI=1S/C31H31F2N5O2/c1-18-8-7-9-19(2)29(18)38-30(22-15-25(33)27(16-24(22)32)35-31(34)40)23-17-37(13-12-26(23)36-38)28(14-20(3)39)21-10-5-4-6-11-21/h4-11,15-16,28H,12-14,17H2,1-3H3,(H3,34,35,40). The largest absolute Gasteiger partial charge is 0.351 e. The molecule has 40 heavy (non-hydrogen) atoms. The maximum Gasteiger partial charge on any atom is 0.316 e. The zero-order valence-corrected chi connectivity index (χ0v) is 22.7. The topological polar surface area (TPSA) is 93.2 Å². The Morgan fingerprint density at radius 1 is 1.02 bits per heavy atom. The van der Waals surface area contributed by atoms with Crippen molar-refractivity contribution in [1.82, 2.24) is 14.7 Å². The molecule has 0 fully saturated rings. The smallest absolute Gasteiger partial charge is 0.316 e. The quantitative estimate of drug-likeness (QED) is 0.299. The molecule has 1 aliphatic heterocycles. The lowest BCUT2D eigenvalue weighted by atomic mass is 9.94. The van der Waals surface area contributed by atoms with Crippen molar-refractivity contribution < 1.29 is 18.4 Å². The number of carbonyl (C=O) groups excluding carboxylic acids is 2. The maximum absolute atomic E-state index is 15.7. The molecule has 0 saturated carbocycles. The Labute approximate surface area is 231 Å². The van der Waals surface area contributed by atoms with Gasteiger partial charge in [-0.3, -0.25) is 9.69 Å². The number of carbonyl (C=O) groups is 2. The van der Waals surface area contributed by atoms with Crippen LogP contribution in [0, 0.1) is 25.5 Å². The number of hydrogen-bond acceptors (Lipinski definition) is 4. The molecule has 5 rings (SSSR count). The van der Waals surface area contributed by atoms with Gasteiger partial charge in [0.1, 0.15) is 17.4 Å². The summed E-state index contributed by atoms with van der Waals surface area (Å²) >= 11 is 0. The maximum atomic E-state index is 15.7. The number of nitrogens with zero attached hydrogens (tertiary/aromatic N) is 3. The molecule has 1 aliphatic rings. The number of Topliss-reactive ketones (excluding diaryl/α,β-unsaturated/α-hetero) is 1. The van der Waals surface area contributed by atoms with E-state index in [0.717, 1.165) is 45.8 Å². The SMILES string of the molecule is CC(=O)CC(c1ccccc1)N1CCc2nn(-c3c(C)cccc3C)c(-c3cc(F)c(NC(N)=O)cc3F)c2C1. The highest BCUT2D eigenvalue weighted by Crippen LogP contribution is 2.39. The molecule has 206 valence electrons. The predicted molar refractivity (Wildman–Crippen MR) is 150 cm³/mol. The Morgan fingerprint density at radius 3 is 2.38 bits per heavy atom. The van der Waals surface area contributed by atoms with Crippen LogP contribution in [0.15, 0.2) is 60.7 Å². The second-order valence-corrected chi connectivity index (χ2v) is 10.3. The molecule has 4 aromatic rings. The van der Waals surface area contributed by atoms with Crippen LogP contribution in [0.1, 0.15) is 47.3 Å². The first kappa shape index (κ1) is 27.2. The van der Waals surface area contributed by atoms with E-state index < -0.39 is 17.7 Å². The molecule has 0 bridgehead atoms. The third-order valence-corrected chi connectivity index (χ3v) is 7.39. The second-order valence-electron chi connectivity index (χ2n) is 10.3. The number of halogens is 2. The number of urea groups is 1. The zero-order valence-electron chi connectivity index (χ0n) is 22.7. The van der Waals surface area contributed by atoms with Gasteiger partial charge in [0.25, 0.3) is 0 Å². The van der Waals surface area contributed by atoms with Crippen molar-refractivity contribution in [3.8, 4) is 16.9 Å². The highest BCUT2D eigenvalue weighted by atomic mass is 19.1. The molecule has 0 saturated heterocycles. The lowest BCUT2D eigenvalue weighted by Crippen LogP contribution is -2.35. The number of ketones is 1. The minimum atomic E-state index is -0.989. The lowest BCUT2D eigenvalue weighted by Gasteiger charge is -2.34. The number of nitrogens with two attached hydrogens (primary N) is 1. The average molecular weight is 544 g/mol. The van der Waals surface area contributed by atoms with Crippen LogP contribution in [0.2, 0.25) is 0 Å². The summed E-state index contributed by atoms with van der Waals surface area (Å²) < 4.78 is 32.6. The van der Waals surface area contributed by atoms with Gasteiger partial charge in [-0.1, -0.05) is 48.5 Å². The fraction of sp³-hybridized carbons (Fsp3) is 0.258. The van der Waals surface area contributed by atoms with E-state index in [0.29, 0.717) is 31.6 Å². The molecule has 1 aromatic heterocycles. The van der Waals surface area contributed by atoms with Crippen LogP contribution in [0.25, 0.3) is 16.9 Å². The first-order valence-electron chi connectivity index (χ1n) is 13.2. The van der Waals surface area contributed by atoms with Crippen molar-refractivity contribution in [2.75, 3.05) is 11.9 Å². The fourth-order valence-electron chi connectivity index (χ4n) is 5.60. The van der Waals surface area contributed by atoms with Crippen molar-refractivity contribution in [2.45, 2.75) is 46.2 Å². The van der Waals surface area contributed by atoms with E-state index in [1.54, 1.807) is 11.6 Å². The highest BCUT2D eigenvalue weighted by molar-refractivity contribution is 5.88. The highest BCUT2D eigenvalue weighted by Gasteiger charge is 2.32. The van der Waals surface area contributed by atoms with Gasteiger partial charge in [0.15, 0.2) is 0 Å². The molecule has 2 amide bonds. The third-order valence-electron chi connectivity index (χ3n) is 7.39. The summed E-state index contributed by atoms with van der Waals surface area (Å²) in [7, 11) is 0. The normalized spacial score (nSPS) is 14.0. The van der Waals surface area contributed by atoms with Crippen molar-refractivity contribution in [2.24, 2.45) is 5.73 Å². The summed E-state index contributed by atoms with van der Waals surface area (Å²) in [4.78, 5) is 25.8. The van der Waals surface area contributed by atoms with E-state index in [2.05, 4.69) is 10.2 Å². The van der Waals surface area contributed by atoms with E-state index in [4.69, 9.17) is 10.8 Å². The Kier molecular flexibility index (Phi) is 7.49. The number of rotatable bonds is 7. The average Bonchev–Trinajstić information content (AvgIpc) is 3.27. The van der Waals surface area contributed by atoms with Crippen LogP contribution in [0.3, 0.4) is 0 Å². The summed E-state index contributed by atoms with van der Waals surface area (Å²) in [6, 6.07) is 16.5. The van der Waals surface area contributed by atoms with E-state index in [1.165, 1.54) is 0 Å². The molecule has 2 heterocycles. The van der Waals surface area contributed by atoms with Gasteiger partial charge in [-0.25, -0.2) is 18.3 Å². The molecule has 0 aliphatic carbocycles. The minimum Gasteiger partial charge on any atom is -0.351 e. The lowest BCUT2D eigenvalue weighted by molar-refractivity contribution is -0.118. The molecule has 3 aromatic carbocycles. The van der Waals surface area contributed by atoms with E-state index in [1.807, 2.05) is 62.4 Å². The van der Waals surface area contributed by atoms with Crippen molar-refractivity contribution >= 4 is 17.5 Å². The van der Waals surface area contributed by atoms with Crippen LogP contribution < -0.4 is 11.1 Å². The Hall–Kier alpha value is -4.37. The molecular weight excluding hydrogens is 512 g/mol. The number of para-hydroxylation sites is 1. The number of fused-ring (bicyclic) bond motifs is 1. The van der Waals surface area contributed by atoms with Gasteiger partial charge in [-0.05, 0) is 43.5 Å². The summed E-state index contributed by atoms with van der Waals surface area (Å²) in [6.07, 6.45) is 0.906. The third kappa shape index (κ3) is 5.24. The summed E-state index contributed by atoms with van der Waals surface area (Å²) in [6.45, 7) is 6.53. The van der Waals surface area contributed by atoms with Crippen LogP contribution in [0.5, 0.6) is 0 Å². The number of anilines is 1. The monoisotopic (exact) mass is 543 g/mol. The van der Waals surface area contributed by atoms with Crippen LogP contribution in [-0.2, 0) is 17.8 Å². The number of hydrogen-bond donors (Lipinski definition) is 2. The number of aromatic nitrogens is 2. The number of primary amides is 1. The van der Waals surface area contributed by atoms with E-state index >= 15 is 8.78 Å². The van der Waals surface area contributed by atoms with Crippen molar-refractivity contribution in [1.29, 1.82) is 0 Å². The molecule has 1 unspecified atom stereocenters. The molecule has 7 nitrogen and oxygen atoms in total. The fourth-order valence-corrected chi connectivity index (χ4v) is 5.60. The van der Waals surface area contributed by atoms with Gasteiger partial charge in [0.05, 0.1) is 22.8 Å². The number of amides is 2. The van der Waals surface area contributed by atoms with Crippen molar-refractivity contribution in [3.05, 3.63) is 100 Å². The van der Waals surface area contributed by atoms with Crippen molar-refractivity contribution in [3.63, 3.8) is 0 Å². The summed E-state index contributed by atoms with van der Waals surface area (Å²) in [5.41, 5.74) is 10.5. The molecule has 0 radical (unpaired) electrons. The van der Waals surface area contributed by atoms with Gasteiger partial charge >= 0.3 is 6.03 Å². The van der Waals surface area contributed by atoms with Crippen LogP contribution >= 0.6 is 0 Å². The van der Waals surface area contributed by atoms with Gasteiger partial charge in [-0.15, -0.1) is 0 Å². The molecule has 0 spiro atoms. The predicted octanol–water partition coefficient (Wildman–Crippen LogP) is 6.00. The number of nitrogens with one attached hydrogen (secondary N) is 1. The zero-order chi connectivity index (χ0) is 28.6. The van der Waals surface area contributed by atoms with Gasteiger partial charge in [0, 0.05) is 49.2 Å². The Balaban J connectivity index is 1.69. The Morgan fingerprint density at radius 2 is 1.73 bits per heavy atom. The second kappa shape index (κ2) is 11.0. The van der Waals surface area contributed by atoms with Crippen LogP contribution in [0.4, 0.5) is 19.3 Å². The molecule has 9 heteroatoms. The molecular formula is C31H31F2N5O2. The van der Waals surface area contributed by atoms with E-state index in [-0.39, 0.29) is 23.1 Å². The summed E-state index contributed by atoms with van der Waals surface area (Å²) in [5, 5.41) is 7.07. The summed E-state index contributed by atoms with van der Waals surface area (Å²) in [5.74, 6) is -1.47.